The van der Waals surface area contributed by atoms with Gasteiger partial charge in [-0.2, -0.15) is 13.2 Å². The molecule has 1 rings (SSSR count). The molecular formula is C14H26F3NO. The molecule has 0 saturated heterocycles. The SMILES string of the molecule is CNCC1CCC(C)CC1CCCOCC(F)(F)F. The molecule has 5 heteroatoms. The Labute approximate surface area is 114 Å². The Kier molecular flexibility index (Phi) is 7.15. The summed E-state index contributed by atoms with van der Waals surface area (Å²) in [5.74, 6) is 2.05. The van der Waals surface area contributed by atoms with Crippen LogP contribution in [-0.2, 0) is 4.74 Å². The Morgan fingerprint density at radius 1 is 1.21 bits per heavy atom. The highest BCUT2D eigenvalue weighted by Gasteiger charge is 2.29. The lowest BCUT2D eigenvalue weighted by atomic mass is 9.73. The van der Waals surface area contributed by atoms with Crippen LogP contribution in [0.1, 0.15) is 39.0 Å². The second-order valence-electron chi connectivity index (χ2n) is 5.81. The molecular weight excluding hydrogens is 255 g/mol. The van der Waals surface area contributed by atoms with Gasteiger partial charge < -0.3 is 10.1 Å². The summed E-state index contributed by atoms with van der Waals surface area (Å²) in [5, 5.41) is 3.22. The minimum absolute atomic E-state index is 0.219. The second kappa shape index (κ2) is 8.10. The van der Waals surface area contributed by atoms with E-state index in [1.165, 1.54) is 19.3 Å². The summed E-state index contributed by atoms with van der Waals surface area (Å²) in [4.78, 5) is 0. The first-order valence-electron chi connectivity index (χ1n) is 7.21. The van der Waals surface area contributed by atoms with Crippen molar-refractivity contribution in [1.82, 2.24) is 5.32 Å². The molecule has 1 aliphatic carbocycles. The lowest BCUT2D eigenvalue weighted by Crippen LogP contribution is -2.31. The van der Waals surface area contributed by atoms with E-state index in [-0.39, 0.29) is 6.61 Å². The first-order chi connectivity index (χ1) is 8.92. The average Bonchev–Trinajstić information content (AvgIpc) is 2.30. The largest absolute Gasteiger partial charge is 0.411 e. The Morgan fingerprint density at radius 2 is 1.95 bits per heavy atom. The highest BCUT2D eigenvalue weighted by Crippen LogP contribution is 2.36. The minimum atomic E-state index is -4.20. The van der Waals surface area contributed by atoms with E-state index < -0.39 is 12.8 Å². The van der Waals surface area contributed by atoms with Crippen LogP contribution in [-0.4, -0.2) is 33.0 Å². The van der Waals surface area contributed by atoms with E-state index in [4.69, 9.17) is 0 Å². The van der Waals surface area contributed by atoms with Crippen molar-refractivity contribution in [3.05, 3.63) is 0 Å². The average molecular weight is 281 g/mol. The molecule has 3 unspecified atom stereocenters. The third-order valence-corrected chi connectivity index (χ3v) is 4.00. The summed E-state index contributed by atoms with van der Waals surface area (Å²) < 4.78 is 40.4. The monoisotopic (exact) mass is 281 g/mol. The van der Waals surface area contributed by atoms with Crippen molar-refractivity contribution in [2.24, 2.45) is 17.8 Å². The molecule has 0 bridgehead atoms. The highest BCUT2D eigenvalue weighted by molar-refractivity contribution is 4.79. The van der Waals surface area contributed by atoms with E-state index in [1.807, 2.05) is 7.05 Å². The first kappa shape index (κ1) is 16.8. The van der Waals surface area contributed by atoms with Crippen LogP contribution in [0.15, 0.2) is 0 Å². The summed E-state index contributed by atoms with van der Waals surface area (Å²) in [6.07, 6.45) is 1.21. The Morgan fingerprint density at radius 3 is 2.58 bits per heavy atom. The van der Waals surface area contributed by atoms with Crippen molar-refractivity contribution in [2.75, 3.05) is 26.8 Å². The fraction of sp³-hybridized carbons (Fsp3) is 1.00. The highest BCUT2D eigenvalue weighted by atomic mass is 19.4. The smallest absolute Gasteiger partial charge is 0.372 e. The third kappa shape index (κ3) is 7.16. The van der Waals surface area contributed by atoms with Gasteiger partial charge in [0.2, 0.25) is 0 Å². The van der Waals surface area contributed by atoms with Crippen LogP contribution >= 0.6 is 0 Å². The van der Waals surface area contributed by atoms with Crippen molar-refractivity contribution < 1.29 is 17.9 Å². The zero-order chi connectivity index (χ0) is 14.3. The van der Waals surface area contributed by atoms with Crippen molar-refractivity contribution in [1.29, 1.82) is 0 Å². The summed E-state index contributed by atoms with van der Waals surface area (Å²) in [7, 11) is 1.96. The van der Waals surface area contributed by atoms with Crippen molar-refractivity contribution in [3.8, 4) is 0 Å². The maximum Gasteiger partial charge on any atom is 0.411 e. The molecule has 1 aliphatic rings. The summed E-state index contributed by atoms with van der Waals surface area (Å²) in [6.45, 7) is 2.38. The van der Waals surface area contributed by atoms with Gasteiger partial charge in [-0.25, -0.2) is 0 Å². The molecule has 0 amide bonds. The zero-order valence-electron chi connectivity index (χ0n) is 11.9. The van der Waals surface area contributed by atoms with Crippen LogP contribution < -0.4 is 5.32 Å². The van der Waals surface area contributed by atoms with Crippen molar-refractivity contribution in [2.45, 2.75) is 45.2 Å². The zero-order valence-corrected chi connectivity index (χ0v) is 11.9. The molecule has 3 atom stereocenters. The van der Waals surface area contributed by atoms with Gasteiger partial charge in [-0.3, -0.25) is 0 Å². The van der Waals surface area contributed by atoms with Gasteiger partial charge in [0.25, 0.3) is 0 Å². The number of hydrogen-bond acceptors (Lipinski definition) is 2. The minimum Gasteiger partial charge on any atom is -0.372 e. The second-order valence-corrected chi connectivity index (χ2v) is 5.81. The topological polar surface area (TPSA) is 21.3 Å². The fourth-order valence-electron chi connectivity index (χ4n) is 3.08. The molecule has 1 fully saturated rings. The quantitative estimate of drug-likeness (QED) is 0.720. The predicted octanol–water partition coefficient (Wildman–Crippen LogP) is 3.62. The van der Waals surface area contributed by atoms with Crippen molar-refractivity contribution >= 4 is 0 Å². The van der Waals surface area contributed by atoms with E-state index in [0.717, 1.165) is 25.3 Å². The van der Waals surface area contributed by atoms with Gasteiger partial charge in [-0.15, -0.1) is 0 Å². The Balaban J connectivity index is 2.21. The van der Waals surface area contributed by atoms with E-state index in [2.05, 4.69) is 17.0 Å². The molecule has 114 valence electrons. The van der Waals surface area contributed by atoms with E-state index in [0.29, 0.717) is 11.8 Å². The molecule has 0 aromatic rings. The molecule has 0 aromatic carbocycles. The predicted molar refractivity (Wildman–Crippen MR) is 70.0 cm³/mol. The van der Waals surface area contributed by atoms with Crippen LogP contribution in [0.5, 0.6) is 0 Å². The van der Waals surface area contributed by atoms with Crippen LogP contribution in [0.25, 0.3) is 0 Å². The standard InChI is InChI=1S/C14H26F3NO/c1-11-5-6-13(9-18-2)12(8-11)4-3-7-19-10-14(15,16)17/h11-13,18H,3-10H2,1-2H3. The molecule has 0 radical (unpaired) electrons. The third-order valence-electron chi connectivity index (χ3n) is 4.00. The molecule has 0 spiro atoms. The number of ether oxygens (including phenoxy) is 1. The van der Waals surface area contributed by atoms with Gasteiger partial charge in [0, 0.05) is 6.61 Å². The summed E-state index contributed by atoms with van der Waals surface area (Å²) in [5.41, 5.74) is 0. The lowest BCUT2D eigenvalue weighted by molar-refractivity contribution is -0.174. The van der Waals surface area contributed by atoms with Crippen LogP contribution in [0.2, 0.25) is 0 Å². The Hall–Kier alpha value is -0.290. The molecule has 0 aromatic heterocycles. The van der Waals surface area contributed by atoms with E-state index in [9.17, 15) is 13.2 Å². The molecule has 0 heterocycles. The van der Waals surface area contributed by atoms with Gasteiger partial charge in [-0.1, -0.05) is 13.3 Å². The number of rotatable bonds is 7. The first-order valence-corrected chi connectivity index (χ1v) is 7.21. The number of alkyl halides is 3. The van der Waals surface area contributed by atoms with Gasteiger partial charge >= 0.3 is 6.18 Å². The van der Waals surface area contributed by atoms with Gasteiger partial charge in [-0.05, 0) is 57.0 Å². The van der Waals surface area contributed by atoms with Crippen LogP contribution in [0.4, 0.5) is 13.2 Å². The van der Waals surface area contributed by atoms with Crippen LogP contribution in [0, 0.1) is 17.8 Å². The van der Waals surface area contributed by atoms with E-state index >= 15 is 0 Å². The molecule has 1 N–H and O–H groups in total. The van der Waals surface area contributed by atoms with Crippen LogP contribution in [0.3, 0.4) is 0 Å². The molecule has 0 aliphatic heterocycles. The maximum atomic E-state index is 11.9. The maximum absolute atomic E-state index is 11.9. The molecule has 2 nitrogen and oxygen atoms in total. The van der Waals surface area contributed by atoms with Gasteiger partial charge in [0.05, 0.1) is 0 Å². The number of hydrogen-bond donors (Lipinski definition) is 1. The molecule has 1 saturated carbocycles. The summed E-state index contributed by atoms with van der Waals surface area (Å²) >= 11 is 0. The summed E-state index contributed by atoms with van der Waals surface area (Å²) in [6, 6.07) is 0. The van der Waals surface area contributed by atoms with E-state index in [1.54, 1.807) is 0 Å². The Bertz CT molecular complexity index is 245. The number of halogens is 3. The molecule has 19 heavy (non-hydrogen) atoms. The fourth-order valence-corrected chi connectivity index (χ4v) is 3.08. The normalized spacial score (nSPS) is 28.6. The lowest BCUT2D eigenvalue weighted by Gasteiger charge is -2.35. The van der Waals surface area contributed by atoms with Gasteiger partial charge in [0.15, 0.2) is 0 Å². The van der Waals surface area contributed by atoms with Gasteiger partial charge in [0.1, 0.15) is 6.61 Å². The van der Waals surface area contributed by atoms with Crippen molar-refractivity contribution in [3.63, 3.8) is 0 Å². The number of nitrogens with one attached hydrogen (secondary N) is 1.